The fourth-order valence-corrected chi connectivity index (χ4v) is 1.59. The summed E-state index contributed by atoms with van der Waals surface area (Å²) in [6.45, 7) is 0. The summed E-state index contributed by atoms with van der Waals surface area (Å²) < 4.78 is 0. The van der Waals surface area contributed by atoms with Gasteiger partial charge in [0.15, 0.2) is 0 Å². The van der Waals surface area contributed by atoms with Crippen molar-refractivity contribution < 1.29 is 19.8 Å². The SMILES string of the molecule is O=C(CC1CC1)Nc1ccc(C(=O)O)c(O)c1. The maximum atomic E-state index is 11.5. The molecule has 0 unspecified atom stereocenters. The molecule has 1 aliphatic rings. The highest BCUT2D eigenvalue weighted by Crippen LogP contribution is 2.32. The van der Waals surface area contributed by atoms with Gasteiger partial charge in [0.05, 0.1) is 0 Å². The van der Waals surface area contributed by atoms with E-state index >= 15 is 0 Å². The van der Waals surface area contributed by atoms with Crippen LogP contribution in [0.3, 0.4) is 0 Å². The van der Waals surface area contributed by atoms with E-state index in [1.165, 1.54) is 18.2 Å². The monoisotopic (exact) mass is 235 g/mol. The molecule has 0 spiro atoms. The van der Waals surface area contributed by atoms with E-state index in [0.29, 0.717) is 18.0 Å². The van der Waals surface area contributed by atoms with Crippen LogP contribution >= 0.6 is 0 Å². The Morgan fingerprint density at radius 2 is 2.06 bits per heavy atom. The Morgan fingerprint density at radius 1 is 1.35 bits per heavy atom. The number of phenols is 1. The molecule has 90 valence electrons. The van der Waals surface area contributed by atoms with E-state index in [0.717, 1.165) is 12.8 Å². The molecule has 0 radical (unpaired) electrons. The van der Waals surface area contributed by atoms with E-state index < -0.39 is 5.97 Å². The molecule has 1 aliphatic carbocycles. The zero-order valence-electron chi connectivity index (χ0n) is 9.14. The first-order valence-electron chi connectivity index (χ1n) is 5.42. The van der Waals surface area contributed by atoms with Crippen molar-refractivity contribution >= 4 is 17.6 Å². The van der Waals surface area contributed by atoms with Crippen molar-refractivity contribution in [2.45, 2.75) is 19.3 Å². The van der Waals surface area contributed by atoms with Gasteiger partial charge in [0, 0.05) is 18.2 Å². The fraction of sp³-hybridized carbons (Fsp3) is 0.333. The van der Waals surface area contributed by atoms with Crippen LogP contribution in [-0.4, -0.2) is 22.1 Å². The molecule has 3 N–H and O–H groups in total. The molecule has 1 amide bonds. The largest absolute Gasteiger partial charge is 0.507 e. The zero-order valence-corrected chi connectivity index (χ0v) is 9.14. The van der Waals surface area contributed by atoms with Gasteiger partial charge in [-0.05, 0) is 30.9 Å². The van der Waals surface area contributed by atoms with Crippen LogP contribution in [0.5, 0.6) is 5.75 Å². The van der Waals surface area contributed by atoms with Crippen molar-refractivity contribution in [2.75, 3.05) is 5.32 Å². The van der Waals surface area contributed by atoms with Gasteiger partial charge in [0.25, 0.3) is 0 Å². The van der Waals surface area contributed by atoms with Gasteiger partial charge in [-0.1, -0.05) is 0 Å². The standard InChI is InChI=1S/C12H13NO4/c14-10-6-8(3-4-9(10)12(16)17)13-11(15)5-7-1-2-7/h3-4,6-7,14H,1-2,5H2,(H,13,15)(H,16,17). The highest BCUT2D eigenvalue weighted by molar-refractivity contribution is 5.94. The molecule has 0 bridgehead atoms. The molecular formula is C12H13NO4. The number of carbonyl (C=O) groups excluding carboxylic acids is 1. The fourth-order valence-electron chi connectivity index (χ4n) is 1.59. The Labute approximate surface area is 98.1 Å². The molecule has 1 saturated carbocycles. The normalized spacial score (nSPS) is 14.4. The summed E-state index contributed by atoms with van der Waals surface area (Å²) in [7, 11) is 0. The molecule has 0 aromatic heterocycles. The van der Waals surface area contributed by atoms with Gasteiger partial charge in [-0.3, -0.25) is 4.79 Å². The molecule has 5 nitrogen and oxygen atoms in total. The van der Waals surface area contributed by atoms with Crippen LogP contribution in [-0.2, 0) is 4.79 Å². The summed E-state index contributed by atoms with van der Waals surface area (Å²) in [5.41, 5.74) is 0.239. The van der Waals surface area contributed by atoms with Gasteiger partial charge in [0.1, 0.15) is 11.3 Å². The lowest BCUT2D eigenvalue weighted by Gasteiger charge is -2.06. The summed E-state index contributed by atoms with van der Waals surface area (Å²) in [5.74, 6) is -1.16. The molecular weight excluding hydrogens is 222 g/mol. The number of carboxylic acids is 1. The predicted molar refractivity (Wildman–Crippen MR) is 61.0 cm³/mol. The van der Waals surface area contributed by atoms with Crippen molar-refractivity contribution in [3.63, 3.8) is 0 Å². The number of amides is 1. The second-order valence-electron chi connectivity index (χ2n) is 4.23. The van der Waals surface area contributed by atoms with Gasteiger partial charge in [-0.25, -0.2) is 4.79 Å². The minimum absolute atomic E-state index is 0.102. The highest BCUT2D eigenvalue weighted by Gasteiger charge is 2.24. The van der Waals surface area contributed by atoms with Crippen LogP contribution in [0.4, 0.5) is 5.69 Å². The lowest BCUT2D eigenvalue weighted by molar-refractivity contribution is -0.116. The molecule has 1 aromatic carbocycles. The number of rotatable bonds is 4. The third-order valence-electron chi connectivity index (χ3n) is 2.68. The van der Waals surface area contributed by atoms with Crippen LogP contribution in [0.25, 0.3) is 0 Å². The average molecular weight is 235 g/mol. The second kappa shape index (κ2) is 4.45. The Morgan fingerprint density at radius 3 is 2.59 bits per heavy atom. The lowest BCUT2D eigenvalue weighted by atomic mass is 10.1. The topological polar surface area (TPSA) is 86.6 Å². The quantitative estimate of drug-likeness (QED) is 0.743. The number of anilines is 1. The molecule has 5 heteroatoms. The predicted octanol–water partition coefficient (Wildman–Crippen LogP) is 1.83. The Hall–Kier alpha value is -2.04. The summed E-state index contributed by atoms with van der Waals surface area (Å²) in [5, 5.41) is 20.8. The van der Waals surface area contributed by atoms with Crippen LogP contribution in [0.1, 0.15) is 29.6 Å². The van der Waals surface area contributed by atoms with E-state index in [1.54, 1.807) is 0 Å². The minimum Gasteiger partial charge on any atom is -0.507 e. The van der Waals surface area contributed by atoms with Gasteiger partial charge in [-0.15, -0.1) is 0 Å². The number of benzene rings is 1. The number of hydrogen-bond donors (Lipinski definition) is 3. The summed E-state index contributed by atoms with van der Waals surface area (Å²) in [4.78, 5) is 22.1. The first-order valence-corrected chi connectivity index (χ1v) is 5.42. The smallest absolute Gasteiger partial charge is 0.339 e. The Bertz CT molecular complexity index is 466. The minimum atomic E-state index is -1.20. The molecule has 0 aliphatic heterocycles. The van der Waals surface area contributed by atoms with Gasteiger partial charge in [-0.2, -0.15) is 0 Å². The highest BCUT2D eigenvalue weighted by atomic mass is 16.4. The number of carboxylic acid groups (broad SMARTS) is 1. The number of carbonyl (C=O) groups is 2. The Kier molecular flexibility index (Phi) is 2.99. The van der Waals surface area contributed by atoms with E-state index in [9.17, 15) is 14.7 Å². The molecule has 17 heavy (non-hydrogen) atoms. The van der Waals surface area contributed by atoms with Crippen molar-refractivity contribution in [3.8, 4) is 5.75 Å². The molecule has 0 atom stereocenters. The molecule has 0 saturated heterocycles. The summed E-state index contributed by atoms with van der Waals surface area (Å²) in [6, 6.07) is 3.98. The maximum Gasteiger partial charge on any atom is 0.339 e. The zero-order chi connectivity index (χ0) is 12.4. The van der Waals surface area contributed by atoms with Gasteiger partial charge in [0.2, 0.25) is 5.91 Å². The average Bonchev–Trinajstić information content (AvgIpc) is 3.00. The summed E-state index contributed by atoms with van der Waals surface area (Å²) >= 11 is 0. The van der Waals surface area contributed by atoms with Crippen LogP contribution < -0.4 is 5.32 Å². The van der Waals surface area contributed by atoms with Crippen molar-refractivity contribution in [1.82, 2.24) is 0 Å². The third kappa shape index (κ3) is 2.96. The maximum absolute atomic E-state index is 11.5. The van der Waals surface area contributed by atoms with Crippen LogP contribution in [0.15, 0.2) is 18.2 Å². The van der Waals surface area contributed by atoms with Crippen molar-refractivity contribution in [3.05, 3.63) is 23.8 Å². The summed E-state index contributed by atoms with van der Waals surface area (Å²) in [6.07, 6.45) is 2.68. The van der Waals surface area contributed by atoms with Crippen molar-refractivity contribution in [2.24, 2.45) is 5.92 Å². The molecule has 2 rings (SSSR count). The third-order valence-corrected chi connectivity index (χ3v) is 2.68. The number of aromatic carboxylic acids is 1. The lowest BCUT2D eigenvalue weighted by Crippen LogP contribution is -2.12. The molecule has 1 fully saturated rings. The van der Waals surface area contributed by atoms with E-state index in [4.69, 9.17) is 5.11 Å². The second-order valence-corrected chi connectivity index (χ2v) is 4.23. The number of hydrogen-bond acceptors (Lipinski definition) is 3. The number of aromatic hydroxyl groups is 1. The van der Waals surface area contributed by atoms with Crippen LogP contribution in [0, 0.1) is 5.92 Å². The first-order chi connectivity index (χ1) is 8.06. The Balaban J connectivity index is 2.03. The van der Waals surface area contributed by atoms with E-state index in [1.807, 2.05) is 0 Å². The van der Waals surface area contributed by atoms with E-state index in [2.05, 4.69) is 5.32 Å². The molecule has 0 heterocycles. The van der Waals surface area contributed by atoms with Gasteiger partial charge >= 0.3 is 5.97 Å². The van der Waals surface area contributed by atoms with E-state index in [-0.39, 0.29) is 17.2 Å². The van der Waals surface area contributed by atoms with Gasteiger partial charge < -0.3 is 15.5 Å². The van der Waals surface area contributed by atoms with Crippen molar-refractivity contribution in [1.29, 1.82) is 0 Å². The number of nitrogens with one attached hydrogen (secondary N) is 1. The van der Waals surface area contributed by atoms with Crippen LogP contribution in [0.2, 0.25) is 0 Å². The molecule has 1 aromatic rings. The first kappa shape index (κ1) is 11.4.